The van der Waals surface area contributed by atoms with Gasteiger partial charge in [0.15, 0.2) is 0 Å². The maximum atomic E-state index is 13.0. The monoisotopic (exact) mass is 410 g/mol. The highest BCUT2D eigenvalue weighted by Gasteiger charge is 2.31. The molecule has 0 amide bonds. The first kappa shape index (κ1) is 21.2. The number of halogens is 4. The van der Waals surface area contributed by atoms with Crippen molar-refractivity contribution < 1.29 is 13.2 Å². The molecule has 6 heteroatoms. The summed E-state index contributed by atoms with van der Waals surface area (Å²) in [5.41, 5.74) is 1.15. The summed E-state index contributed by atoms with van der Waals surface area (Å²) in [5.74, 6) is 0. The van der Waals surface area contributed by atoms with Crippen LogP contribution < -0.4 is 10.6 Å². The molecule has 1 fully saturated rings. The van der Waals surface area contributed by atoms with Crippen LogP contribution >= 0.6 is 11.6 Å². The van der Waals surface area contributed by atoms with Gasteiger partial charge in [0.1, 0.15) is 0 Å². The van der Waals surface area contributed by atoms with Crippen LogP contribution in [0.1, 0.15) is 42.9 Å². The number of piperidine rings is 1. The van der Waals surface area contributed by atoms with E-state index in [-0.39, 0.29) is 11.1 Å². The Morgan fingerprint density at radius 3 is 2.43 bits per heavy atom. The second-order valence-electron chi connectivity index (χ2n) is 7.55. The van der Waals surface area contributed by atoms with Crippen LogP contribution in [0.5, 0.6) is 0 Å². The fourth-order valence-electron chi connectivity index (χ4n) is 3.92. The van der Waals surface area contributed by atoms with Gasteiger partial charge < -0.3 is 10.6 Å². The van der Waals surface area contributed by atoms with Gasteiger partial charge in [-0.3, -0.25) is 0 Å². The van der Waals surface area contributed by atoms with Crippen LogP contribution in [0.3, 0.4) is 0 Å². The second kappa shape index (κ2) is 9.29. The highest BCUT2D eigenvalue weighted by molar-refractivity contribution is 6.30. The van der Waals surface area contributed by atoms with Gasteiger partial charge in [-0.2, -0.15) is 13.2 Å². The first-order chi connectivity index (χ1) is 13.3. The molecule has 0 aliphatic carbocycles. The van der Waals surface area contributed by atoms with Crippen LogP contribution in [-0.4, -0.2) is 18.1 Å². The van der Waals surface area contributed by atoms with Gasteiger partial charge in [-0.25, -0.2) is 0 Å². The minimum absolute atomic E-state index is 0.116. The number of hydrogen-bond donors (Lipinski definition) is 2. The lowest BCUT2D eigenvalue weighted by molar-refractivity contribution is -0.137. The van der Waals surface area contributed by atoms with E-state index < -0.39 is 11.7 Å². The molecule has 3 rings (SSSR count). The molecule has 1 aliphatic rings. The fourth-order valence-corrected chi connectivity index (χ4v) is 4.18. The highest BCUT2D eigenvalue weighted by atomic mass is 35.5. The largest absolute Gasteiger partial charge is 0.416 e. The van der Waals surface area contributed by atoms with E-state index in [0.29, 0.717) is 24.2 Å². The van der Waals surface area contributed by atoms with Crippen molar-refractivity contribution in [1.82, 2.24) is 10.6 Å². The van der Waals surface area contributed by atoms with Gasteiger partial charge in [0, 0.05) is 29.7 Å². The van der Waals surface area contributed by atoms with Crippen LogP contribution in [0.4, 0.5) is 13.2 Å². The van der Waals surface area contributed by atoms with E-state index in [0.717, 1.165) is 31.7 Å². The quantitative estimate of drug-likeness (QED) is 0.648. The number of rotatable bonds is 6. The Bertz CT molecular complexity index is 764. The molecule has 0 aromatic heterocycles. The van der Waals surface area contributed by atoms with Gasteiger partial charge in [-0.1, -0.05) is 48.9 Å². The second-order valence-corrected chi connectivity index (χ2v) is 7.99. The number of hydrogen-bond acceptors (Lipinski definition) is 2. The zero-order valence-electron chi connectivity index (χ0n) is 15.9. The summed E-state index contributed by atoms with van der Waals surface area (Å²) in [7, 11) is 0. The number of benzene rings is 2. The van der Waals surface area contributed by atoms with Crippen molar-refractivity contribution in [2.24, 2.45) is 0 Å². The molecule has 28 heavy (non-hydrogen) atoms. The van der Waals surface area contributed by atoms with E-state index >= 15 is 0 Å². The van der Waals surface area contributed by atoms with E-state index in [4.69, 9.17) is 11.6 Å². The molecule has 1 saturated heterocycles. The predicted octanol–water partition coefficient (Wildman–Crippen LogP) is 5.59. The SMILES string of the molecule is CC[C@@H]1C[C@H](NCc2cc(Cl)cc(C(F)(F)F)c2)C[C@H](Cc2ccccc2)N1. The van der Waals surface area contributed by atoms with E-state index in [1.54, 1.807) is 6.07 Å². The lowest BCUT2D eigenvalue weighted by Gasteiger charge is -2.37. The fraction of sp³-hybridized carbons (Fsp3) is 0.455. The molecule has 2 aromatic rings. The predicted molar refractivity (Wildman–Crippen MR) is 107 cm³/mol. The first-order valence-electron chi connectivity index (χ1n) is 9.73. The average molecular weight is 411 g/mol. The lowest BCUT2D eigenvalue weighted by Crippen LogP contribution is -2.52. The molecule has 1 aliphatic heterocycles. The van der Waals surface area contributed by atoms with Gasteiger partial charge in [0.2, 0.25) is 0 Å². The van der Waals surface area contributed by atoms with Gasteiger partial charge in [0.25, 0.3) is 0 Å². The Kier molecular flexibility index (Phi) is 7.02. The standard InChI is InChI=1S/C22H26ClF3N2/c1-2-19-12-20(13-21(28-19)10-15-6-4-3-5-7-15)27-14-16-8-17(22(24,25)26)11-18(23)9-16/h3-9,11,19-21,27-28H,2,10,12-14H2,1H3/t19-,20+,21+/m1/s1. The van der Waals surface area contributed by atoms with Crippen molar-refractivity contribution in [3.05, 3.63) is 70.2 Å². The summed E-state index contributed by atoms with van der Waals surface area (Å²) >= 11 is 5.90. The Hall–Kier alpha value is -1.56. The van der Waals surface area contributed by atoms with E-state index in [9.17, 15) is 13.2 Å². The summed E-state index contributed by atoms with van der Waals surface area (Å²) in [6.07, 6.45) is -0.501. The highest BCUT2D eigenvalue weighted by Crippen LogP contribution is 2.32. The summed E-state index contributed by atoms with van der Waals surface area (Å²) in [5, 5.41) is 7.28. The van der Waals surface area contributed by atoms with E-state index in [1.807, 2.05) is 18.2 Å². The Labute approximate surface area is 169 Å². The van der Waals surface area contributed by atoms with Crippen molar-refractivity contribution in [3.63, 3.8) is 0 Å². The van der Waals surface area contributed by atoms with Crippen molar-refractivity contribution in [2.75, 3.05) is 0 Å². The molecule has 1 heterocycles. The van der Waals surface area contributed by atoms with Crippen molar-refractivity contribution in [2.45, 2.75) is 63.5 Å². The van der Waals surface area contributed by atoms with E-state index in [1.165, 1.54) is 11.6 Å². The summed E-state index contributed by atoms with van der Waals surface area (Å²) < 4.78 is 39.0. The smallest absolute Gasteiger partial charge is 0.311 e. The third-order valence-electron chi connectivity index (χ3n) is 5.31. The minimum atomic E-state index is -4.39. The zero-order valence-corrected chi connectivity index (χ0v) is 16.7. The normalized spacial score (nSPS) is 23.0. The molecule has 0 spiro atoms. The molecule has 0 radical (unpaired) electrons. The van der Waals surface area contributed by atoms with Crippen molar-refractivity contribution >= 4 is 11.6 Å². The summed E-state index contributed by atoms with van der Waals surface area (Å²) in [6, 6.07) is 15.1. The molecule has 0 bridgehead atoms. The van der Waals surface area contributed by atoms with Gasteiger partial charge >= 0.3 is 6.18 Å². The van der Waals surface area contributed by atoms with Crippen molar-refractivity contribution in [3.8, 4) is 0 Å². The summed E-state index contributed by atoms with van der Waals surface area (Å²) in [6.45, 7) is 2.54. The van der Waals surface area contributed by atoms with Gasteiger partial charge in [0.05, 0.1) is 5.56 Å². The maximum Gasteiger partial charge on any atom is 0.416 e. The molecule has 0 unspecified atom stereocenters. The van der Waals surface area contributed by atoms with Crippen LogP contribution in [0.15, 0.2) is 48.5 Å². The van der Waals surface area contributed by atoms with Gasteiger partial charge in [-0.05, 0) is 55.0 Å². The molecule has 152 valence electrons. The van der Waals surface area contributed by atoms with Gasteiger partial charge in [-0.15, -0.1) is 0 Å². The molecule has 2 aromatic carbocycles. The van der Waals surface area contributed by atoms with Crippen molar-refractivity contribution in [1.29, 1.82) is 0 Å². The molecule has 2 N–H and O–H groups in total. The third kappa shape index (κ3) is 5.97. The third-order valence-corrected chi connectivity index (χ3v) is 5.53. The molecule has 3 atom stereocenters. The number of alkyl halides is 3. The Morgan fingerprint density at radius 2 is 1.75 bits per heavy atom. The van der Waals surface area contributed by atoms with E-state index in [2.05, 4.69) is 29.7 Å². The Balaban J connectivity index is 1.64. The van der Waals surface area contributed by atoms with Crippen LogP contribution in [0.2, 0.25) is 5.02 Å². The first-order valence-corrected chi connectivity index (χ1v) is 10.1. The molecular weight excluding hydrogens is 385 g/mol. The molecular formula is C22H26ClF3N2. The Morgan fingerprint density at radius 1 is 1.04 bits per heavy atom. The van der Waals surface area contributed by atoms with Crippen LogP contribution in [0.25, 0.3) is 0 Å². The maximum absolute atomic E-state index is 13.0. The molecule has 2 nitrogen and oxygen atoms in total. The van der Waals surface area contributed by atoms with Crippen LogP contribution in [-0.2, 0) is 19.1 Å². The lowest BCUT2D eigenvalue weighted by atomic mass is 9.89. The average Bonchev–Trinajstić information content (AvgIpc) is 2.66. The molecule has 0 saturated carbocycles. The minimum Gasteiger partial charge on any atom is -0.311 e. The topological polar surface area (TPSA) is 24.1 Å². The van der Waals surface area contributed by atoms with Crippen LogP contribution in [0, 0.1) is 0 Å². The summed E-state index contributed by atoms with van der Waals surface area (Å²) in [4.78, 5) is 0. The zero-order chi connectivity index (χ0) is 20.1. The number of nitrogens with one attached hydrogen (secondary N) is 2.